The molecule has 1 aliphatic carbocycles. The average molecular weight is 215 g/mol. The zero-order chi connectivity index (χ0) is 11.3. The van der Waals surface area contributed by atoms with E-state index in [9.17, 15) is 4.39 Å². The fourth-order valence-electron chi connectivity index (χ4n) is 2.76. The van der Waals surface area contributed by atoms with Gasteiger partial charge in [0.15, 0.2) is 0 Å². The van der Waals surface area contributed by atoms with Crippen molar-refractivity contribution >= 4 is 0 Å². The van der Waals surface area contributed by atoms with E-state index >= 15 is 0 Å². The minimum absolute atomic E-state index is 0.110. The van der Waals surface area contributed by atoms with Crippen LogP contribution in [0.4, 0.5) is 4.39 Å². The van der Waals surface area contributed by atoms with Crippen LogP contribution in [0, 0.1) is 5.92 Å². The second-order valence-corrected chi connectivity index (χ2v) is 5.27. The van der Waals surface area contributed by atoms with E-state index in [-0.39, 0.29) is 6.04 Å². The molecule has 0 amide bonds. The highest BCUT2D eigenvalue weighted by Crippen LogP contribution is 2.39. The Hall–Kier alpha value is -0.110. The maximum absolute atomic E-state index is 14.3. The van der Waals surface area contributed by atoms with Gasteiger partial charge in [-0.3, -0.25) is 0 Å². The molecule has 1 saturated carbocycles. The molecule has 90 valence electrons. The first kappa shape index (κ1) is 13.0. The van der Waals surface area contributed by atoms with Crippen LogP contribution in [0.2, 0.25) is 0 Å². The quantitative estimate of drug-likeness (QED) is 0.716. The molecule has 0 aromatic carbocycles. The fourth-order valence-corrected chi connectivity index (χ4v) is 2.76. The molecular weight excluding hydrogens is 189 g/mol. The van der Waals surface area contributed by atoms with E-state index < -0.39 is 5.67 Å². The summed E-state index contributed by atoms with van der Waals surface area (Å²) >= 11 is 0. The maximum Gasteiger partial charge on any atom is 0.112 e. The monoisotopic (exact) mass is 215 g/mol. The number of nitrogens with two attached hydrogens (primary N) is 1. The van der Waals surface area contributed by atoms with Gasteiger partial charge in [0, 0.05) is 6.04 Å². The molecule has 0 saturated heterocycles. The van der Waals surface area contributed by atoms with Crippen LogP contribution in [-0.2, 0) is 0 Å². The summed E-state index contributed by atoms with van der Waals surface area (Å²) in [6.45, 7) is 4.38. The molecule has 0 heterocycles. The van der Waals surface area contributed by atoms with Crippen LogP contribution in [-0.4, -0.2) is 11.7 Å². The Morgan fingerprint density at radius 3 is 2.67 bits per heavy atom. The van der Waals surface area contributed by atoms with Crippen LogP contribution < -0.4 is 5.73 Å². The molecule has 0 aliphatic heterocycles. The summed E-state index contributed by atoms with van der Waals surface area (Å²) in [6, 6.07) is 0.110. The van der Waals surface area contributed by atoms with Crippen LogP contribution in [0.5, 0.6) is 0 Å². The molecule has 15 heavy (non-hydrogen) atoms. The van der Waals surface area contributed by atoms with Crippen molar-refractivity contribution in [2.75, 3.05) is 0 Å². The SMILES string of the molecule is CCCCC(CC)CC1(F)CCC(N)C1. The van der Waals surface area contributed by atoms with Gasteiger partial charge in [-0.2, -0.15) is 0 Å². The molecule has 1 fully saturated rings. The second-order valence-electron chi connectivity index (χ2n) is 5.27. The fraction of sp³-hybridized carbons (Fsp3) is 1.00. The van der Waals surface area contributed by atoms with Crippen molar-refractivity contribution in [2.45, 2.75) is 76.9 Å². The molecule has 2 heteroatoms. The molecule has 0 aromatic heterocycles. The number of alkyl halides is 1. The molecule has 0 bridgehead atoms. The normalized spacial score (nSPS) is 33.2. The van der Waals surface area contributed by atoms with Crippen molar-refractivity contribution in [3.05, 3.63) is 0 Å². The minimum Gasteiger partial charge on any atom is -0.328 e. The third kappa shape index (κ3) is 4.10. The predicted octanol–water partition coefficient (Wildman–Crippen LogP) is 3.81. The maximum atomic E-state index is 14.3. The number of halogens is 1. The van der Waals surface area contributed by atoms with Crippen LogP contribution in [0.1, 0.15) is 65.2 Å². The van der Waals surface area contributed by atoms with E-state index in [1.54, 1.807) is 0 Å². The number of hydrogen-bond donors (Lipinski definition) is 1. The van der Waals surface area contributed by atoms with Crippen molar-refractivity contribution in [2.24, 2.45) is 11.7 Å². The van der Waals surface area contributed by atoms with Crippen molar-refractivity contribution in [1.29, 1.82) is 0 Å². The van der Waals surface area contributed by atoms with E-state index in [4.69, 9.17) is 5.73 Å². The Labute approximate surface area is 93.6 Å². The molecule has 0 aromatic rings. The van der Waals surface area contributed by atoms with E-state index in [0.29, 0.717) is 18.8 Å². The van der Waals surface area contributed by atoms with E-state index in [2.05, 4.69) is 13.8 Å². The van der Waals surface area contributed by atoms with Gasteiger partial charge in [-0.15, -0.1) is 0 Å². The lowest BCUT2D eigenvalue weighted by Crippen LogP contribution is -2.26. The Balaban J connectivity index is 2.36. The molecule has 3 unspecified atom stereocenters. The lowest BCUT2D eigenvalue weighted by Gasteiger charge is -2.25. The van der Waals surface area contributed by atoms with Crippen LogP contribution in [0.3, 0.4) is 0 Å². The average Bonchev–Trinajstić information content (AvgIpc) is 2.53. The Morgan fingerprint density at radius 1 is 1.47 bits per heavy atom. The summed E-state index contributed by atoms with van der Waals surface area (Å²) in [5.74, 6) is 0.570. The second kappa shape index (κ2) is 5.83. The first-order chi connectivity index (χ1) is 7.09. The highest BCUT2D eigenvalue weighted by atomic mass is 19.1. The van der Waals surface area contributed by atoms with Crippen LogP contribution >= 0.6 is 0 Å². The van der Waals surface area contributed by atoms with Gasteiger partial charge < -0.3 is 5.73 Å². The number of unbranched alkanes of at least 4 members (excludes halogenated alkanes) is 1. The topological polar surface area (TPSA) is 26.0 Å². The van der Waals surface area contributed by atoms with Crippen molar-refractivity contribution in [3.8, 4) is 0 Å². The minimum atomic E-state index is -0.937. The van der Waals surface area contributed by atoms with Gasteiger partial charge in [0.25, 0.3) is 0 Å². The highest BCUT2D eigenvalue weighted by Gasteiger charge is 2.39. The van der Waals surface area contributed by atoms with E-state index in [0.717, 1.165) is 19.3 Å². The zero-order valence-corrected chi connectivity index (χ0v) is 10.3. The summed E-state index contributed by atoms with van der Waals surface area (Å²) in [7, 11) is 0. The summed E-state index contributed by atoms with van der Waals surface area (Å²) in [5, 5.41) is 0. The molecule has 2 N–H and O–H groups in total. The molecular formula is C13H26FN. The third-order valence-corrected chi connectivity index (χ3v) is 3.79. The summed E-state index contributed by atoms with van der Waals surface area (Å²) < 4.78 is 14.3. The summed E-state index contributed by atoms with van der Waals surface area (Å²) in [4.78, 5) is 0. The third-order valence-electron chi connectivity index (χ3n) is 3.79. The zero-order valence-electron chi connectivity index (χ0n) is 10.3. The van der Waals surface area contributed by atoms with Gasteiger partial charge in [-0.05, 0) is 31.6 Å². The largest absolute Gasteiger partial charge is 0.328 e. The highest BCUT2D eigenvalue weighted by molar-refractivity contribution is 4.92. The lowest BCUT2D eigenvalue weighted by atomic mass is 9.86. The van der Waals surface area contributed by atoms with Gasteiger partial charge in [-0.1, -0.05) is 39.5 Å². The van der Waals surface area contributed by atoms with Gasteiger partial charge >= 0.3 is 0 Å². The van der Waals surface area contributed by atoms with Crippen LogP contribution in [0.25, 0.3) is 0 Å². The summed E-state index contributed by atoms with van der Waals surface area (Å²) in [6.07, 6.45) is 7.66. The molecule has 3 atom stereocenters. The first-order valence-corrected chi connectivity index (χ1v) is 6.54. The van der Waals surface area contributed by atoms with Crippen molar-refractivity contribution in [1.82, 2.24) is 0 Å². The van der Waals surface area contributed by atoms with Gasteiger partial charge in [-0.25, -0.2) is 4.39 Å². The van der Waals surface area contributed by atoms with Crippen molar-refractivity contribution in [3.63, 3.8) is 0 Å². The van der Waals surface area contributed by atoms with E-state index in [1.807, 2.05) is 0 Å². The lowest BCUT2D eigenvalue weighted by molar-refractivity contribution is 0.123. The van der Waals surface area contributed by atoms with Gasteiger partial charge in [0.2, 0.25) is 0 Å². The Morgan fingerprint density at radius 2 is 2.20 bits per heavy atom. The molecule has 1 nitrogen and oxygen atoms in total. The van der Waals surface area contributed by atoms with Gasteiger partial charge in [0.05, 0.1) is 0 Å². The van der Waals surface area contributed by atoms with Gasteiger partial charge in [0.1, 0.15) is 5.67 Å². The van der Waals surface area contributed by atoms with Crippen LogP contribution in [0.15, 0.2) is 0 Å². The molecule has 0 radical (unpaired) electrons. The number of rotatable bonds is 6. The van der Waals surface area contributed by atoms with E-state index in [1.165, 1.54) is 19.3 Å². The molecule has 0 spiro atoms. The Bertz CT molecular complexity index is 183. The Kier molecular flexibility index (Phi) is 5.04. The number of hydrogen-bond acceptors (Lipinski definition) is 1. The molecule has 1 aliphatic rings. The first-order valence-electron chi connectivity index (χ1n) is 6.54. The summed E-state index contributed by atoms with van der Waals surface area (Å²) in [5.41, 5.74) is 4.85. The standard InChI is InChI=1S/C13H26FN/c1-3-5-6-11(4-2)9-13(14)8-7-12(15)10-13/h11-12H,3-10,15H2,1-2H3. The predicted molar refractivity (Wildman–Crippen MR) is 63.6 cm³/mol. The van der Waals surface area contributed by atoms with Crippen molar-refractivity contribution < 1.29 is 4.39 Å². The molecule has 1 rings (SSSR count). The smallest absolute Gasteiger partial charge is 0.112 e.